The summed E-state index contributed by atoms with van der Waals surface area (Å²) >= 11 is 0. The minimum Gasteiger partial charge on any atom is -0.491 e. The average molecular weight is 321 g/mol. The third kappa shape index (κ3) is 4.65. The first-order valence-electron chi connectivity index (χ1n) is 6.57. The van der Waals surface area contributed by atoms with Gasteiger partial charge in [0.2, 0.25) is 0 Å². The predicted octanol–water partition coefficient (Wildman–Crippen LogP) is 3.46. The summed E-state index contributed by atoms with van der Waals surface area (Å²) in [6, 6.07) is 3.31. The molecular weight excluding hydrogens is 300 g/mol. The molecule has 0 fully saturated rings. The summed E-state index contributed by atoms with van der Waals surface area (Å²) < 4.78 is 34.0. The number of ether oxygens (including phenoxy) is 2. The van der Waals surface area contributed by atoms with Crippen molar-refractivity contribution < 1.29 is 17.9 Å². The number of halogens is 1. The van der Waals surface area contributed by atoms with Crippen LogP contribution < -0.4 is 4.74 Å². The summed E-state index contributed by atoms with van der Waals surface area (Å²) in [7, 11) is 1.71. The Kier molecular flexibility index (Phi) is 6.30. The largest absolute Gasteiger partial charge is 0.491 e. The Labute approximate surface area is 125 Å². The van der Waals surface area contributed by atoms with Crippen LogP contribution in [0, 0.1) is 6.92 Å². The molecule has 0 aliphatic carbocycles. The molecule has 0 unspecified atom stereocenters. The molecule has 6 heteroatoms. The lowest BCUT2D eigenvalue weighted by Crippen LogP contribution is -2.09. The molecule has 0 saturated heterocycles. The van der Waals surface area contributed by atoms with Crippen LogP contribution in [0.15, 0.2) is 17.0 Å². The maximum absolute atomic E-state index is 11.5. The van der Waals surface area contributed by atoms with E-state index in [0.717, 1.165) is 5.56 Å². The average Bonchev–Trinajstić information content (AvgIpc) is 2.32. The van der Waals surface area contributed by atoms with Crippen molar-refractivity contribution in [2.75, 3.05) is 19.8 Å². The quantitative estimate of drug-likeness (QED) is 0.570. The van der Waals surface area contributed by atoms with E-state index in [-0.39, 0.29) is 10.8 Å². The fraction of sp³-hybridized carbons (Fsp3) is 0.571. The second kappa shape index (κ2) is 7.29. The van der Waals surface area contributed by atoms with Crippen LogP contribution in [0.2, 0.25) is 0 Å². The van der Waals surface area contributed by atoms with Gasteiger partial charge in [0.25, 0.3) is 9.05 Å². The second-order valence-corrected chi connectivity index (χ2v) is 7.33. The Hall–Kier alpha value is -0.780. The lowest BCUT2D eigenvalue weighted by atomic mass is 10.0. The van der Waals surface area contributed by atoms with Gasteiger partial charge >= 0.3 is 0 Å². The van der Waals surface area contributed by atoms with E-state index in [1.165, 1.54) is 0 Å². The van der Waals surface area contributed by atoms with Gasteiger partial charge < -0.3 is 9.47 Å². The number of rotatable bonds is 7. The van der Waals surface area contributed by atoms with Crippen LogP contribution in [0.1, 0.15) is 37.8 Å². The number of hydrogen-bond donors (Lipinski definition) is 0. The zero-order valence-electron chi connectivity index (χ0n) is 12.3. The summed E-state index contributed by atoms with van der Waals surface area (Å²) in [5.41, 5.74) is 1.40. The molecule has 1 rings (SSSR count). The first-order chi connectivity index (χ1) is 9.27. The predicted molar refractivity (Wildman–Crippen MR) is 80.3 cm³/mol. The van der Waals surface area contributed by atoms with Crippen LogP contribution >= 0.6 is 10.7 Å². The normalized spacial score (nSPS) is 11.9. The summed E-state index contributed by atoms with van der Waals surface area (Å²) in [6.07, 6.45) is 0. The molecule has 0 aliphatic heterocycles. The lowest BCUT2D eigenvalue weighted by molar-refractivity contribution is 0.109. The number of benzene rings is 1. The summed E-state index contributed by atoms with van der Waals surface area (Å²) in [6.45, 7) is 9.15. The Morgan fingerprint density at radius 3 is 2.40 bits per heavy atom. The van der Waals surface area contributed by atoms with Crippen molar-refractivity contribution in [1.29, 1.82) is 0 Å². The van der Waals surface area contributed by atoms with Crippen molar-refractivity contribution in [2.45, 2.75) is 38.5 Å². The van der Waals surface area contributed by atoms with Gasteiger partial charge in [0.05, 0.1) is 11.5 Å². The molecular formula is C14H21ClO4S. The van der Waals surface area contributed by atoms with E-state index in [0.29, 0.717) is 31.1 Å². The molecule has 0 amide bonds. The molecule has 0 aromatic heterocycles. The monoisotopic (exact) mass is 320 g/mol. The zero-order valence-corrected chi connectivity index (χ0v) is 13.8. The van der Waals surface area contributed by atoms with Gasteiger partial charge in [-0.05, 0) is 43.0 Å². The van der Waals surface area contributed by atoms with Crippen LogP contribution in [0.4, 0.5) is 0 Å². The van der Waals surface area contributed by atoms with E-state index < -0.39 is 9.05 Å². The van der Waals surface area contributed by atoms with Gasteiger partial charge in [0.15, 0.2) is 0 Å². The van der Waals surface area contributed by atoms with Crippen molar-refractivity contribution in [1.82, 2.24) is 0 Å². The van der Waals surface area contributed by atoms with Crippen molar-refractivity contribution >= 4 is 19.7 Å². The fourth-order valence-electron chi connectivity index (χ4n) is 1.87. The highest BCUT2D eigenvalue weighted by Crippen LogP contribution is 2.33. The minimum absolute atomic E-state index is 0.134. The highest BCUT2D eigenvalue weighted by Gasteiger charge is 2.19. The van der Waals surface area contributed by atoms with E-state index in [9.17, 15) is 8.42 Å². The topological polar surface area (TPSA) is 52.6 Å². The SMILES string of the molecule is CCOCCOc1cc(C)c(S(=O)(=O)Cl)cc1C(C)C. The zero-order chi connectivity index (χ0) is 15.3. The number of aryl methyl sites for hydroxylation is 1. The standard InChI is InChI=1S/C14H21ClO4S/c1-5-18-6-7-19-13-8-11(4)14(20(15,16)17)9-12(13)10(2)3/h8-10H,5-7H2,1-4H3. The highest BCUT2D eigenvalue weighted by molar-refractivity contribution is 8.13. The summed E-state index contributed by atoms with van der Waals surface area (Å²) in [5.74, 6) is 0.816. The smallest absolute Gasteiger partial charge is 0.261 e. The van der Waals surface area contributed by atoms with Crippen molar-refractivity contribution in [3.05, 3.63) is 23.3 Å². The Morgan fingerprint density at radius 1 is 1.25 bits per heavy atom. The lowest BCUT2D eigenvalue weighted by Gasteiger charge is -2.16. The van der Waals surface area contributed by atoms with E-state index in [1.807, 2.05) is 20.8 Å². The molecule has 0 saturated carbocycles. The van der Waals surface area contributed by atoms with E-state index in [4.69, 9.17) is 20.2 Å². The molecule has 0 spiro atoms. The van der Waals surface area contributed by atoms with Gasteiger partial charge in [0.1, 0.15) is 12.4 Å². The van der Waals surface area contributed by atoms with Gasteiger partial charge in [-0.1, -0.05) is 13.8 Å². The van der Waals surface area contributed by atoms with Gasteiger partial charge in [-0.2, -0.15) is 0 Å². The van der Waals surface area contributed by atoms with Crippen LogP contribution in [-0.4, -0.2) is 28.2 Å². The molecule has 0 radical (unpaired) electrons. The molecule has 0 atom stereocenters. The first-order valence-corrected chi connectivity index (χ1v) is 8.88. The molecule has 1 aromatic carbocycles. The Balaban J connectivity index is 3.09. The number of hydrogen-bond acceptors (Lipinski definition) is 4. The summed E-state index contributed by atoms with van der Waals surface area (Å²) in [5, 5.41) is 0. The molecule has 20 heavy (non-hydrogen) atoms. The third-order valence-corrected chi connectivity index (χ3v) is 4.35. The molecule has 0 N–H and O–H groups in total. The molecule has 0 aliphatic rings. The second-order valence-electron chi connectivity index (χ2n) is 4.79. The Bertz CT molecular complexity index is 553. The van der Waals surface area contributed by atoms with Gasteiger partial charge in [-0.3, -0.25) is 0 Å². The third-order valence-electron chi connectivity index (χ3n) is 2.88. The van der Waals surface area contributed by atoms with E-state index >= 15 is 0 Å². The minimum atomic E-state index is -3.74. The summed E-state index contributed by atoms with van der Waals surface area (Å²) in [4.78, 5) is 0.139. The maximum atomic E-state index is 11.5. The van der Waals surface area contributed by atoms with Crippen molar-refractivity contribution in [2.24, 2.45) is 0 Å². The van der Waals surface area contributed by atoms with E-state index in [2.05, 4.69) is 0 Å². The van der Waals surface area contributed by atoms with Crippen molar-refractivity contribution in [3.63, 3.8) is 0 Å². The highest BCUT2D eigenvalue weighted by atomic mass is 35.7. The first kappa shape index (κ1) is 17.3. The van der Waals surface area contributed by atoms with Gasteiger partial charge in [-0.15, -0.1) is 0 Å². The molecule has 0 bridgehead atoms. The Morgan fingerprint density at radius 2 is 1.90 bits per heavy atom. The van der Waals surface area contributed by atoms with Gasteiger partial charge in [-0.25, -0.2) is 8.42 Å². The molecule has 1 aromatic rings. The maximum Gasteiger partial charge on any atom is 0.261 e. The molecule has 4 nitrogen and oxygen atoms in total. The van der Waals surface area contributed by atoms with Crippen LogP contribution in [0.5, 0.6) is 5.75 Å². The fourth-order valence-corrected chi connectivity index (χ4v) is 3.08. The van der Waals surface area contributed by atoms with Crippen LogP contribution in [-0.2, 0) is 13.8 Å². The van der Waals surface area contributed by atoms with E-state index in [1.54, 1.807) is 19.1 Å². The van der Waals surface area contributed by atoms with Gasteiger partial charge in [0, 0.05) is 17.3 Å². The van der Waals surface area contributed by atoms with Crippen molar-refractivity contribution in [3.8, 4) is 5.75 Å². The molecule has 0 heterocycles. The van der Waals surface area contributed by atoms with Crippen LogP contribution in [0.25, 0.3) is 0 Å². The molecule has 114 valence electrons. The van der Waals surface area contributed by atoms with Crippen LogP contribution in [0.3, 0.4) is 0 Å².